The van der Waals surface area contributed by atoms with Gasteiger partial charge in [0.2, 0.25) is 11.8 Å². The van der Waals surface area contributed by atoms with Gasteiger partial charge in [-0.1, -0.05) is 87.7 Å². The Kier molecular flexibility index (Phi) is 10.3. The zero-order valence-corrected chi connectivity index (χ0v) is 22.6. The Labute approximate surface area is 223 Å². The lowest BCUT2D eigenvalue weighted by molar-refractivity contribution is -0.139. The van der Waals surface area contributed by atoms with Crippen LogP contribution in [0.5, 0.6) is 0 Å². The van der Waals surface area contributed by atoms with Gasteiger partial charge >= 0.3 is 0 Å². The van der Waals surface area contributed by atoms with Gasteiger partial charge in [0, 0.05) is 40.3 Å². The van der Waals surface area contributed by atoms with Crippen molar-refractivity contribution in [3.63, 3.8) is 0 Å². The molecular weight excluding hydrogens is 555 g/mol. The molecule has 3 aromatic rings. The molecule has 34 heavy (non-hydrogen) atoms. The Balaban J connectivity index is 1.82. The minimum atomic E-state index is -0.645. The maximum atomic E-state index is 13.5. The van der Waals surface area contributed by atoms with Crippen LogP contribution in [0.2, 0.25) is 10.0 Å². The van der Waals surface area contributed by atoms with Crippen molar-refractivity contribution in [2.45, 2.75) is 24.8 Å². The topological polar surface area (TPSA) is 49.4 Å². The van der Waals surface area contributed by atoms with Crippen molar-refractivity contribution in [1.82, 2.24) is 10.2 Å². The van der Waals surface area contributed by atoms with Crippen molar-refractivity contribution in [1.29, 1.82) is 0 Å². The molecule has 0 unspecified atom stereocenters. The minimum Gasteiger partial charge on any atom is -0.357 e. The molecule has 0 aliphatic heterocycles. The quantitative estimate of drug-likeness (QED) is 0.303. The summed E-state index contributed by atoms with van der Waals surface area (Å²) >= 11 is 17.4. The summed E-state index contributed by atoms with van der Waals surface area (Å²) in [5.41, 5.74) is 2.73. The molecule has 0 aliphatic carbocycles. The fourth-order valence-corrected chi connectivity index (χ4v) is 5.41. The number of halogens is 3. The number of carbonyl (C=O) groups excluding carboxylic acids is 2. The maximum absolute atomic E-state index is 13.5. The van der Waals surface area contributed by atoms with Crippen LogP contribution in [0.25, 0.3) is 0 Å². The normalized spacial score (nSPS) is 11.6. The lowest BCUT2D eigenvalue weighted by Crippen LogP contribution is -2.50. The number of thioether (sulfide) groups is 1. The number of hydrogen-bond donors (Lipinski definition) is 1. The van der Waals surface area contributed by atoms with Gasteiger partial charge in [-0.3, -0.25) is 9.59 Å². The minimum absolute atomic E-state index is 0.124. The first-order valence-corrected chi connectivity index (χ1v) is 13.4. The molecule has 0 spiro atoms. The van der Waals surface area contributed by atoms with Gasteiger partial charge in [0.05, 0.1) is 5.75 Å². The highest BCUT2D eigenvalue weighted by molar-refractivity contribution is 9.10. The first kappa shape index (κ1) is 26.6. The van der Waals surface area contributed by atoms with E-state index in [-0.39, 0.29) is 17.6 Å². The third kappa shape index (κ3) is 7.51. The van der Waals surface area contributed by atoms with Crippen LogP contribution in [0.3, 0.4) is 0 Å². The Hall–Kier alpha value is -1.99. The molecule has 1 atom stereocenters. The number of likely N-dealkylation sites (N-methyl/N-ethyl adjacent to an activating group) is 1. The molecule has 4 nitrogen and oxygen atoms in total. The Morgan fingerprint density at radius 3 is 2.21 bits per heavy atom. The summed E-state index contributed by atoms with van der Waals surface area (Å²) < 4.78 is 0.952. The van der Waals surface area contributed by atoms with Crippen LogP contribution in [0.4, 0.5) is 0 Å². The standard InChI is InChI=1S/C26H25BrCl2N2O2S/c1-30-26(33)24(14-18-6-3-2-4-7-18)31(15-19-10-12-20(27)13-11-19)25(32)17-34-16-21-22(28)8-5-9-23(21)29/h2-13,24H,14-17H2,1H3,(H,30,33)/t24-/m1/s1. The molecule has 0 heterocycles. The predicted molar refractivity (Wildman–Crippen MR) is 145 cm³/mol. The first-order chi connectivity index (χ1) is 16.4. The van der Waals surface area contributed by atoms with E-state index >= 15 is 0 Å². The summed E-state index contributed by atoms with van der Waals surface area (Å²) in [5, 5.41) is 3.88. The van der Waals surface area contributed by atoms with Crippen molar-refractivity contribution in [2.24, 2.45) is 0 Å². The molecule has 0 fully saturated rings. The molecule has 0 bridgehead atoms. The van der Waals surface area contributed by atoms with Gasteiger partial charge in [-0.2, -0.15) is 0 Å². The highest BCUT2D eigenvalue weighted by Gasteiger charge is 2.29. The van der Waals surface area contributed by atoms with Gasteiger partial charge in [0.1, 0.15) is 6.04 Å². The molecule has 0 aromatic heterocycles. The SMILES string of the molecule is CNC(=O)[C@@H](Cc1ccccc1)N(Cc1ccc(Br)cc1)C(=O)CSCc1c(Cl)cccc1Cl. The molecule has 178 valence electrons. The van der Waals surface area contributed by atoms with Crippen molar-refractivity contribution in [3.8, 4) is 0 Å². The second-order valence-corrected chi connectivity index (χ2v) is 10.4. The summed E-state index contributed by atoms with van der Waals surface area (Å²) in [6, 6.07) is 22.2. The average Bonchev–Trinajstić information content (AvgIpc) is 2.84. The first-order valence-electron chi connectivity index (χ1n) is 10.7. The number of nitrogens with one attached hydrogen (secondary N) is 1. The number of benzene rings is 3. The van der Waals surface area contributed by atoms with E-state index in [1.54, 1.807) is 30.1 Å². The Bertz CT molecular complexity index is 1090. The van der Waals surface area contributed by atoms with E-state index in [0.717, 1.165) is 21.2 Å². The van der Waals surface area contributed by atoms with E-state index < -0.39 is 6.04 Å². The van der Waals surface area contributed by atoms with E-state index in [2.05, 4.69) is 21.2 Å². The van der Waals surface area contributed by atoms with E-state index in [0.29, 0.717) is 28.8 Å². The van der Waals surface area contributed by atoms with Gasteiger partial charge in [-0.25, -0.2) is 0 Å². The van der Waals surface area contributed by atoms with Crippen LogP contribution in [0, 0.1) is 0 Å². The summed E-state index contributed by atoms with van der Waals surface area (Å²) in [5.74, 6) is 0.370. The third-order valence-electron chi connectivity index (χ3n) is 5.32. The van der Waals surface area contributed by atoms with E-state index in [9.17, 15) is 9.59 Å². The van der Waals surface area contributed by atoms with E-state index in [1.165, 1.54) is 11.8 Å². The molecule has 1 N–H and O–H groups in total. The van der Waals surface area contributed by atoms with Gasteiger partial charge in [0.25, 0.3) is 0 Å². The van der Waals surface area contributed by atoms with Crippen molar-refractivity contribution in [2.75, 3.05) is 12.8 Å². The Morgan fingerprint density at radius 1 is 0.941 bits per heavy atom. The molecule has 3 aromatic carbocycles. The molecule has 8 heteroatoms. The predicted octanol–water partition coefficient (Wildman–Crippen LogP) is 6.38. The molecule has 0 radical (unpaired) electrons. The molecule has 0 saturated heterocycles. The van der Waals surface area contributed by atoms with Crippen LogP contribution in [0.1, 0.15) is 16.7 Å². The summed E-state index contributed by atoms with van der Waals surface area (Å²) in [7, 11) is 1.59. The molecule has 0 saturated carbocycles. The highest BCUT2D eigenvalue weighted by atomic mass is 79.9. The molecule has 0 aliphatic rings. The number of hydrogen-bond acceptors (Lipinski definition) is 3. The average molecular weight is 580 g/mol. The third-order valence-corrected chi connectivity index (χ3v) is 7.50. The summed E-state index contributed by atoms with van der Waals surface area (Å²) in [6.07, 6.45) is 0.420. The van der Waals surface area contributed by atoms with Crippen molar-refractivity contribution < 1.29 is 9.59 Å². The van der Waals surface area contributed by atoms with Gasteiger partial charge < -0.3 is 10.2 Å². The van der Waals surface area contributed by atoms with Crippen LogP contribution < -0.4 is 5.32 Å². The monoisotopic (exact) mass is 578 g/mol. The number of amides is 2. The smallest absolute Gasteiger partial charge is 0.242 e. The van der Waals surface area contributed by atoms with Crippen molar-refractivity contribution >= 4 is 62.7 Å². The summed E-state index contributed by atoms with van der Waals surface area (Å²) in [4.78, 5) is 28.1. The van der Waals surface area contributed by atoms with Crippen LogP contribution in [-0.2, 0) is 28.3 Å². The largest absolute Gasteiger partial charge is 0.357 e. The van der Waals surface area contributed by atoms with Crippen LogP contribution in [-0.4, -0.2) is 35.6 Å². The zero-order chi connectivity index (χ0) is 24.5. The van der Waals surface area contributed by atoms with Gasteiger partial charge in [-0.15, -0.1) is 11.8 Å². The molecular formula is C26H25BrCl2N2O2S. The number of carbonyl (C=O) groups is 2. The van der Waals surface area contributed by atoms with Gasteiger partial charge in [-0.05, 0) is 41.0 Å². The van der Waals surface area contributed by atoms with E-state index in [4.69, 9.17) is 23.2 Å². The van der Waals surface area contributed by atoms with Gasteiger partial charge in [0.15, 0.2) is 0 Å². The summed E-state index contributed by atoms with van der Waals surface area (Å²) in [6.45, 7) is 0.324. The fraction of sp³-hybridized carbons (Fsp3) is 0.231. The van der Waals surface area contributed by atoms with E-state index in [1.807, 2.05) is 54.6 Å². The molecule has 3 rings (SSSR count). The Morgan fingerprint density at radius 2 is 1.59 bits per heavy atom. The number of rotatable bonds is 10. The van der Waals surface area contributed by atoms with Crippen LogP contribution >= 0.6 is 50.9 Å². The van der Waals surface area contributed by atoms with Crippen LogP contribution in [0.15, 0.2) is 77.3 Å². The lowest BCUT2D eigenvalue weighted by atomic mass is 10.0. The lowest BCUT2D eigenvalue weighted by Gasteiger charge is -2.31. The highest BCUT2D eigenvalue weighted by Crippen LogP contribution is 2.28. The fourth-order valence-electron chi connectivity index (χ4n) is 3.50. The zero-order valence-electron chi connectivity index (χ0n) is 18.6. The number of nitrogens with zero attached hydrogens (tertiary/aromatic N) is 1. The maximum Gasteiger partial charge on any atom is 0.242 e. The van der Waals surface area contributed by atoms with Crippen molar-refractivity contribution in [3.05, 3.63) is 104 Å². The second-order valence-electron chi connectivity index (χ2n) is 7.66. The second kappa shape index (κ2) is 13.2. The molecule has 2 amide bonds.